The summed E-state index contributed by atoms with van der Waals surface area (Å²) in [7, 11) is 0. The zero-order valence-electron chi connectivity index (χ0n) is 13.8. The van der Waals surface area contributed by atoms with Gasteiger partial charge in [0, 0.05) is 38.4 Å². The number of carbonyl (C=O) groups is 2. The van der Waals surface area contributed by atoms with E-state index in [1.165, 1.54) is 0 Å². The van der Waals surface area contributed by atoms with Crippen LogP contribution in [0.15, 0.2) is 23.1 Å². The summed E-state index contributed by atoms with van der Waals surface area (Å²) in [5, 5.41) is 13.9. The van der Waals surface area contributed by atoms with Gasteiger partial charge < -0.3 is 10.6 Å². The third-order valence-corrected chi connectivity index (χ3v) is 3.69. The molecular formula is C15H21BrN6O2. The fourth-order valence-electron chi connectivity index (χ4n) is 2.05. The molecule has 2 amide bonds. The number of aromatic nitrogens is 4. The number of amides is 2. The molecule has 0 aliphatic heterocycles. The highest BCUT2D eigenvalue weighted by Gasteiger charge is 2.18. The van der Waals surface area contributed by atoms with E-state index in [2.05, 4.69) is 36.8 Å². The Morgan fingerprint density at radius 2 is 2.04 bits per heavy atom. The van der Waals surface area contributed by atoms with Gasteiger partial charge in [-0.05, 0) is 29.3 Å². The van der Waals surface area contributed by atoms with E-state index in [0.717, 1.165) is 10.9 Å². The second kappa shape index (κ2) is 8.62. The molecule has 2 heterocycles. The molecule has 0 aliphatic carbocycles. The van der Waals surface area contributed by atoms with Gasteiger partial charge in [-0.3, -0.25) is 19.0 Å². The molecule has 0 saturated carbocycles. The minimum absolute atomic E-state index is 0.193. The van der Waals surface area contributed by atoms with E-state index in [-0.39, 0.29) is 23.9 Å². The largest absolute Gasteiger partial charge is 0.351 e. The van der Waals surface area contributed by atoms with Crippen LogP contribution in [0.25, 0.3) is 0 Å². The van der Waals surface area contributed by atoms with Crippen LogP contribution in [0.3, 0.4) is 0 Å². The van der Waals surface area contributed by atoms with Crippen LogP contribution >= 0.6 is 15.9 Å². The molecule has 2 rings (SSSR count). The van der Waals surface area contributed by atoms with E-state index < -0.39 is 0 Å². The summed E-state index contributed by atoms with van der Waals surface area (Å²) < 4.78 is 4.16. The third-order valence-electron chi connectivity index (χ3n) is 3.28. The van der Waals surface area contributed by atoms with E-state index >= 15 is 0 Å². The minimum atomic E-state index is -0.282. The molecule has 0 saturated heterocycles. The van der Waals surface area contributed by atoms with Crippen molar-refractivity contribution in [3.05, 3.63) is 28.8 Å². The predicted molar refractivity (Wildman–Crippen MR) is 93.7 cm³/mol. The Morgan fingerprint density at radius 3 is 2.67 bits per heavy atom. The van der Waals surface area contributed by atoms with Crippen LogP contribution in [0.5, 0.6) is 0 Å². The Labute approximate surface area is 148 Å². The van der Waals surface area contributed by atoms with Crippen molar-refractivity contribution in [2.75, 3.05) is 11.9 Å². The molecule has 2 N–H and O–H groups in total. The summed E-state index contributed by atoms with van der Waals surface area (Å²) in [4.78, 5) is 24.3. The van der Waals surface area contributed by atoms with Gasteiger partial charge in [0.15, 0.2) is 5.69 Å². The van der Waals surface area contributed by atoms with Crippen molar-refractivity contribution < 1.29 is 9.59 Å². The Bertz CT molecular complexity index is 709. The lowest BCUT2D eigenvalue weighted by molar-refractivity contribution is -0.116. The van der Waals surface area contributed by atoms with Gasteiger partial charge in [-0.1, -0.05) is 6.92 Å². The molecule has 0 unspecified atom stereocenters. The topological polar surface area (TPSA) is 93.8 Å². The Kier molecular flexibility index (Phi) is 6.53. The zero-order valence-corrected chi connectivity index (χ0v) is 15.3. The standard InChI is InChI=1S/C15H21BrN6O2/c1-3-6-17-15(24)14-12(10-21(4-2)20-14)19-13(23)5-7-22-9-11(16)8-18-22/h8-10H,3-7H2,1-2H3,(H,17,24)(H,19,23). The van der Waals surface area contributed by atoms with Gasteiger partial charge in [0.1, 0.15) is 0 Å². The molecule has 9 heteroatoms. The average molecular weight is 397 g/mol. The van der Waals surface area contributed by atoms with E-state index in [1.54, 1.807) is 28.0 Å². The number of aryl methyl sites for hydroxylation is 2. The second-order valence-electron chi connectivity index (χ2n) is 5.22. The number of nitrogens with one attached hydrogen (secondary N) is 2. The van der Waals surface area contributed by atoms with Crippen LogP contribution in [-0.4, -0.2) is 37.9 Å². The average Bonchev–Trinajstić information content (AvgIpc) is 3.16. The van der Waals surface area contributed by atoms with E-state index in [1.807, 2.05) is 13.8 Å². The molecule has 2 aromatic heterocycles. The van der Waals surface area contributed by atoms with Gasteiger partial charge in [0.25, 0.3) is 5.91 Å². The van der Waals surface area contributed by atoms with Crippen LogP contribution in [0.2, 0.25) is 0 Å². The highest BCUT2D eigenvalue weighted by atomic mass is 79.9. The van der Waals surface area contributed by atoms with Crippen molar-refractivity contribution in [2.24, 2.45) is 0 Å². The maximum atomic E-state index is 12.2. The fourth-order valence-corrected chi connectivity index (χ4v) is 2.38. The highest BCUT2D eigenvalue weighted by molar-refractivity contribution is 9.10. The van der Waals surface area contributed by atoms with Gasteiger partial charge in [-0.15, -0.1) is 0 Å². The number of halogens is 1. The van der Waals surface area contributed by atoms with Crippen molar-refractivity contribution in [1.29, 1.82) is 0 Å². The predicted octanol–water partition coefficient (Wildman–Crippen LogP) is 2.03. The number of anilines is 1. The van der Waals surface area contributed by atoms with Crippen LogP contribution in [0.1, 0.15) is 37.2 Å². The quantitative estimate of drug-likeness (QED) is 0.713. The molecular weight excluding hydrogens is 376 g/mol. The SMILES string of the molecule is CCCNC(=O)c1nn(CC)cc1NC(=O)CCn1cc(Br)cn1. The summed E-state index contributed by atoms with van der Waals surface area (Å²) in [6.45, 7) is 5.53. The first-order valence-corrected chi connectivity index (χ1v) is 8.66. The lowest BCUT2D eigenvalue weighted by Gasteiger charge is -2.06. The first-order valence-electron chi connectivity index (χ1n) is 7.87. The number of hydrogen-bond acceptors (Lipinski definition) is 4. The van der Waals surface area contributed by atoms with Crippen LogP contribution in [-0.2, 0) is 17.9 Å². The molecule has 0 fully saturated rings. The second-order valence-corrected chi connectivity index (χ2v) is 6.14. The number of nitrogens with zero attached hydrogens (tertiary/aromatic N) is 4. The third kappa shape index (κ3) is 4.92. The number of rotatable bonds is 8. The highest BCUT2D eigenvalue weighted by Crippen LogP contribution is 2.15. The van der Waals surface area contributed by atoms with E-state index in [0.29, 0.717) is 25.3 Å². The maximum Gasteiger partial charge on any atom is 0.273 e. The molecule has 0 aliphatic rings. The van der Waals surface area contributed by atoms with Crippen molar-refractivity contribution in [1.82, 2.24) is 24.9 Å². The van der Waals surface area contributed by atoms with E-state index in [9.17, 15) is 9.59 Å². The van der Waals surface area contributed by atoms with Gasteiger partial charge >= 0.3 is 0 Å². The summed E-state index contributed by atoms with van der Waals surface area (Å²) in [6.07, 6.45) is 6.22. The van der Waals surface area contributed by atoms with Gasteiger partial charge in [0.2, 0.25) is 5.91 Å². The van der Waals surface area contributed by atoms with Gasteiger partial charge in [-0.2, -0.15) is 10.2 Å². The summed E-state index contributed by atoms with van der Waals surface area (Å²) in [5.41, 5.74) is 0.664. The Hall–Kier alpha value is -2.16. The first kappa shape index (κ1) is 18.2. The fraction of sp³-hybridized carbons (Fsp3) is 0.467. The Balaban J connectivity index is 2.00. The smallest absolute Gasteiger partial charge is 0.273 e. The summed E-state index contributed by atoms with van der Waals surface area (Å²) in [6, 6.07) is 0. The molecule has 2 aromatic rings. The summed E-state index contributed by atoms with van der Waals surface area (Å²) >= 11 is 3.31. The van der Waals surface area contributed by atoms with E-state index in [4.69, 9.17) is 0 Å². The van der Waals surface area contributed by atoms with Crippen LogP contribution in [0, 0.1) is 0 Å². The van der Waals surface area contributed by atoms with Crippen LogP contribution in [0.4, 0.5) is 5.69 Å². The Morgan fingerprint density at radius 1 is 1.25 bits per heavy atom. The molecule has 0 bridgehead atoms. The number of hydrogen-bond donors (Lipinski definition) is 2. The molecule has 0 atom stereocenters. The summed E-state index contributed by atoms with van der Waals surface area (Å²) in [5.74, 6) is -0.475. The molecule has 0 spiro atoms. The number of carbonyl (C=O) groups excluding carboxylic acids is 2. The maximum absolute atomic E-state index is 12.2. The molecule has 8 nitrogen and oxygen atoms in total. The van der Waals surface area contributed by atoms with Crippen LogP contribution < -0.4 is 10.6 Å². The molecule has 130 valence electrons. The van der Waals surface area contributed by atoms with Crippen molar-refractivity contribution in [2.45, 2.75) is 39.8 Å². The van der Waals surface area contributed by atoms with Crippen molar-refractivity contribution >= 4 is 33.4 Å². The van der Waals surface area contributed by atoms with Gasteiger partial charge in [0.05, 0.1) is 16.4 Å². The lowest BCUT2D eigenvalue weighted by Crippen LogP contribution is -2.26. The monoisotopic (exact) mass is 396 g/mol. The lowest BCUT2D eigenvalue weighted by atomic mass is 10.3. The normalized spacial score (nSPS) is 10.6. The molecule has 24 heavy (non-hydrogen) atoms. The molecule has 0 aromatic carbocycles. The molecule has 0 radical (unpaired) electrons. The van der Waals surface area contributed by atoms with Crippen molar-refractivity contribution in [3.63, 3.8) is 0 Å². The minimum Gasteiger partial charge on any atom is -0.351 e. The van der Waals surface area contributed by atoms with Gasteiger partial charge in [-0.25, -0.2) is 0 Å². The zero-order chi connectivity index (χ0) is 17.5. The first-order chi connectivity index (χ1) is 11.5. The van der Waals surface area contributed by atoms with Crippen molar-refractivity contribution in [3.8, 4) is 0 Å².